The molecule has 1 N–H and O–H groups in total. The summed E-state index contributed by atoms with van der Waals surface area (Å²) < 4.78 is 0. The Morgan fingerprint density at radius 1 is 1.19 bits per heavy atom. The number of nitrogens with one attached hydrogen (secondary N) is 1. The number of piperazine rings is 1. The maximum atomic E-state index is 13.0. The van der Waals surface area contributed by atoms with Crippen LogP contribution in [-0.4, -0.2) is 59.4 Å². The number of carbonyl (C=O) groups excluding carboxylic acids is 2. The summed E-state index contributed by atoms with van der Waals surface area (Å²) in [6.45, 7) is 3.46. The second-order valence-corrected chi connectivity index (χ2v) is 7.13. The molecule has 3 aliphatic rings. The molecule has 2 aliphatic heterocycles. The van der Waals surface area contributed by atoms with Gasteiger partial charge in [-0.3, -0.25) is 9.59 Å². The summed E-state index contributed by atoms with van der Waals surface area (Å²) in [4.78, 5) is 29.4. The van der Waals surface area contributed by atoms with Crippen molar-refractivity contribution in [1.29, 1.82) is 0 Å². The molecule has 5 nitrogen and oxygen atoms in total. The maximum Gasteiger partial charge on any atom is 0.249 e. The van der Waals surface area contributed by atoms with Gasteiger partial charge in [0.05, 0.1) is 6.54 Å². The van der Waals surface area contributed by atoms with E-state index in [4.69, 9.17) is 0 Å². The number of hydrogen-bond donors (Lipinski definition) is 1. The smallest absolute Gasteiger partial charge is 0.249 e. The van der Waals surface area contributed by atoms with Crippen LogP contribution in [0.3, 0.4) is 0 Å². The standard InChI is InChI=1S/C16H27N3O2/c1-12-10-13(6-9-18(12)2)19-11-14(20)17-16(15(19)21)7-4-3-5-8-16/h12-13H,3-11H2,1-2H3,(H,17,20). The number of carbonyl (C=O) groups is 2. The van der Waals surface area contributed by atoms with Crippen molar-refractivity contribution in [2.75, 3.05) is 20.1 Å². The molecular weight excluding hydrogens is 266 g/mol. The van der Waals surface area contributed by atoms with Crippen molar-refractivity contribution < 1.29 is 9.59 Å². The van der Waals surface area contributed by atoms with Crippen molar-refractivity contribution in [1.82, 2.24) is 15.1 Å². The molecule has 21 heavy (non-hydrogen) atoms. The summed E-state index contributed by atoms with van der Waals surface area (Å²) in [6, 6.07) is 0.706. The molecule has 3 fully saturated rings. The zero-order valence-corrected chi connectivity index (χ0v) is 13.2. The quantitative estimate of drug-likeness (QED) is 0.788. The van der Waals surface area contributed by atoms with Gasteiger partial charge in [0, 0.05) is 18.6 Å². The summed E-state index contributed by atoms with van der Waals surface area (Å²) in [5.74, 6) is 0.214. The molecule has 2 unspecified atom stereocenters. The Balaban J connectivity index is 1.78. The van der Waals surface area contributed by atoms with Gasteiger partial charge in [0.1, 0.15) is 5.54 Å². The summed E-state index contributed by atoms with van der Waals surface area (Å²) >= 11 is 0. The van der Waals surface area contributed by atoms with E-state index in [0.717, 1.165) is 45.1 Å². The zero-order chi connectivity index (χ0) is 15.0. The van der Waals surface area contributed by atoms with Gasteiger partial charge in [-0.05, 0) is 39.7 Å². The second-order valence-electron chi connectivity index (χ2n) is 7.13. The molecule has 5 heteroatoms. The third kappa shape index (κ3) is 2.68. The second kappa shape index (κ2) is 5.59. The molecule has 2 saturated heterocycles. The van der Waals surface area contributed by atoms with Crippen LogP contribution in [0.5, 0.6) is 0 Å². The van der Waals surface area contributed by atoms with Crippen molar-refractivity contribution in [2.24, 2.45) is 0 Å². The molecule has 0 aromatic rings. The van der Waals surface area contributed by atoms with Crippen LogP contribution in [0, 0.1) is 0 Å². The van der Waals surface area contributed by atoms with Gasteiger partial charge >= 0.3 is 0 Å². The van der Waals surface area contributed by atoms with Gasteiger partial charge in [-0.15, -0.1) is 0 Å². The van der Waals surface area contributed by atoms with E-state index in [1.54, 1.807) is 0 Å². The Hall–Kier alpha value is -1.10. The predicted molar refractivity (Wildman–Crippen MR) is 80.8 cm³/mol. The van der Waals surface area contributed by atoms with Gasteiger partial charge < -0.3 is 15.1 Å². The third-order valence-corrected chi connectivity index (χ3v) is 5.69. The van der Waals surface area contributed by atoms with E-state index in [-0.39, 0.29) is 24.4 Å². The van der Waals surface area contributed by atoms with Crippen LogP contribution in [0.2, 0.25) is 0 Å². The minimum absolute atomic E-state index is 0.0306. The van der Waals surface area contributed by atoms with Crippen LogP contribution >= 0.6 is 0 Å². The van der Waals surface area contributed by atoms with Crippen LogP contribution < -0.4 is 5.32 Å². The summed E-state index contributed by atoms with van der Waals surface area (Å²) in [6.07, 6.45) is 6.86. The van der Waals surface area contributed by atoms with Crippen molar-refractivity contribution in [3.8, 4) is 0 Å². The van der Waals surface area contributed by atoms with Crippen molar-refractivity contribution in [3.63, 3.8) is 0 Å². The van der Waals surface area contributed by atoms with E-state index in [2.05, 4.69) is 24.2 Å². The van der Waals surface area contributed by atoms with E-state index in [1.165, 1.54) is 6.42 Å². The molecule has 1 saturated carbocycles. The highest BCUT2D eigenvalue weighted by Gasteiger charge is 2.49. The molecule has 2 amide bonds. The normalized spacial score (nSPS) is 34.1. The highest BCUT2D eigenvalue weighted by atomic mass is 16.2. The zero-order valence-electron chi connectivity index (χ0n) is 13.2. The van der Waals surface area contributed by atoms with E-state index in [0.29, 0.717) is 6.04 Å². The minimum Gasteiger partial charge on any atom is -0.340 e. The van der Waals surface area contributed by atoms with Crippen molar-refractivity contribution in [2.45, 2.75) is 69.5 Å². The molecule has 2 heterocycles. The molecule has 1 spiro atoms. The lowest BCUT2D eigenvalue weighted by molar-refractivity contribution is -0.155. The highest BCUT2D eigenvalue weighted by Crippen LogP contribution is 2.34. The molecule has 118 valence electrons. The molecule has 1 aliphatic carbocycles. The first-order valence-corrected chi connectivity index (χ1v) is 8.34. The van der Waals surface area contributed by atoms with Crippen LogP contribution in [0.1, 0.15) is 51.9 Å². The molecule has 2 atom stereocenters. The molecule has 3 rings (SSSR count). The Morgan fingerprint density at radius 2 is 1.90 bits per heavy atom. The number of likely N-dealkylation sites (tertiary alicyclic amines) is 1. The summed E-state index contributed by atoms with van der Waals surface area (Å²) in [5.41, 5.74) is -0.583. The van der Waals surface area contributed by atoms with Gasteiger partial charge in [-0.1, -0.05) is 19.3 Å². The van der Waals surface area contributed by atoms with Crippen LogP contribution in [0.4, 0.5) is 0 Å². The molecule has 0 aromatic carbocycles. The Morgan fingerprint density at radius 3 is 2.57 bits per heavy atom. The average Bonchev–Trinajstić information content (AvgIpc) is 2.47. The molecule has 0 radical (unpaired) electrons. The van der Waals surface area contributed by atoms with Crippen molar-refractivity contribution >= 4 is 11.8 Å². The first-order chi connectivity index (χ1) is 10.0. The SMILES string of the molecule is CC1CC(N2CC(=O)NC3(CCCCC3)C2=O)CCN1C. The molecular formula is C16H27N3O2. The Bertz CT molecular complexity index is 431. The lowest BCUT2D eigenvalue weighted by Gasteiger charge is -2.48. The first kappa shape index (κ1) is 14.8. The van der Waals surface area contributed by atoms with Gasteiger partial charge in [0.2, 0.25) is 11.8 Å². The van der Waals surface area contributed by atoms with Crippen molar-refractivity contribution in [3.05, 3.63) is 0 Å². The Labute approximate surface area is 127 Å². The fourth-order valence-electron chi connectivity index (χ4n) is 4.20. The van der Waals surface area contributed by atoms with Crippen LogP contribution in [-0.2, 0) is 9.59 Å². The van der Waals surface area contributed by atoms with Gasteiger partial charge in [0.25, 0.3) is 0 Å². The monoisotopic (exact) mass is 293 g/mol. The van der Waals surface area contributed by atoms with E-state index < -0.39 is 5.54 Å². The highest BCUT2D eigenvalue weighted by molar-refractivity contribution is 5.98. The predicted octanol–water partition coefficient (Wildman–Crippen LogP) is 1.13. The van der Waals surface area contributed by atoms with Crippen LogP contribution in [0.15, 0.2) is 0 Å². The maximum absolute atomic E-state index is 13.0. The number of hydrogen-bond acceptors (Lipinski definition) is 3. The average molecular weight is 293 g/mol. The van der Waals surface area contributed by atoms with Gasteiger partial charge in [-0.25, -0.2) is 0 Å². The van der Waals surface area contributed by atoms with Gasteiger partial charge in [-0.2, -0.15) is 0 Å². The fourth-order valence-corrected chi connectivity index (χ4v) is 4.20. The van der Waals surface area contributed by atoms with Crippen LogP contribution in [0.25, 0.3) is 0 Å². The molecule has 0 aromatic heterocycles. The molecule has 0 bridgehead atoms. The third-order valence-electron chi connectivity index (χ3n) is 5.69. The number of nitrogens with zero attached hydrogens (tertiary/aromatic N) is 2. The Kier molecular flexibility index (Phi) is 3.95. The lowest BCUT2D eigenvalue weighted by atomic mass is 9.78. The summed E-state index contributed by atoms with van der Waals surface area (Å²) in [7, 11) is 2.13. The minimum atomic E-state index is -0.583. The van der Waals surface area contributed by atoms with E-state index in [1.807, 2.05) is 4.90 Å². The van der Waals surface area contributed by atoms with E-state index in [9.17, 15) is 9.59 Å². The topological polar surface area (TPSA) is 52.7 Å². The largest absolute Gasteiger partial charge is 0.340 e. The summed E-state index contributed by atoms with van der Waals surface area (Å²) in [5, 5.41) is 3.03. The first-order valence-electron chi connectivity index (χ1n) is 8.34. The number of rotatable bonds is 1. The number of amides is 2. The van der Waals surface area contributed by atoms with E-state index >= 15 is 0 Å². The van der Waals surface area contributed by atoms with Gasteiger partial charge in [0.15, 0.2) is 0 Å². The number of piperidine rings is 1. The fraction of sp³-hybridized carbons (Fsp3) is 0.875. The lowest BCUT2D eigenvalue weighted by Crippen LogP contribution is -2.69.